The van der Waals surface area contributed by atoms with E-state index in [-0.39, 0.29) is 0 Å². The van der Waals surface area contributed by atoms with Crippen molar-refractivity contribution in [3.05, 3.63) is 30.0 Å². The minimum absolute atomic E-state index is 0.732. The summed E-state index contributed by atoms with van der Waals surface area (Å²) in [6.45, 7) is 6.86. The standard InChI is InChI=1S/C17H22N2O/c1-12-6-13(2)9-19(8-12)15-4-5-17-16(7-15)14(11-20)10-18(17)3/h4-5,7,10-13H,6,8-9H2,1-3H3. The van der Waals surface area contributed by atoms with E-state index in [4.69, 9.17) is 0 Å². The first-order valence-corrected chi connectivity index (χ1v) is 7.37. The molecule has 3 nitrogen and oxygen atoms in total. The first-order valence-electron chi connectivity index (χ1n) is 7.37. The second-order valence-corrected chi connectivity index (χ2v) is 6.37. The maximum Gasteiger partial charge on any atom is 0.152 e. The van der Waals surface area contributed by atoms with E-state index in [9.17, 15) is 4.79 Å². The largest absolute Gasteiger partial charge is 0.371 e. The lowest BCUT2D eigenvalue weighted by Gasteiger charge is -2.36. The van der Waals surface area contributed by atoms with Crippen LogP contribution >= 0.6 is 0 Å². The number of hydrogen-bond acceptors (Lipinski definition) is 2. The number of fused-ring (bicyclic) bond motifs is 1. The Morgan fingerprint density at radius 1 is 1.20 bits per heavy atom. The number of anilines is 1. The van der Waals surface area contributed by atoms with Gasteiger partial charge >= 0.3 is 0 Å². The molecule has 1 fully saturated rings. The van der Waals surface area contributed by atoms with Gasteiger partial charge < -0.3 is 9.47 Å². The van der Waals surface area contributed by atoms with Crippen LogP contribution in [-0.2, 0) is 7.05 Å². The molecule has 1 aliphatic rings. The van der Waals surface area contributed by atoms with Gasteiger partial charge in [-0.1, -0.05) is 13.8 Å². The fraction of sp³-hybridized carbons (Fsp3) is 0.471. The van der Waals surface area contributed by atoms with Crippen LogP contribution in [0.15, 0.2) is 24.4 Å². The van der Waals surface area contributed by atoms with E-state index in [1.807, 2.05) is 17.8 Å². The number of nitrogens with zero attached hydrogens (tertiary/aromatic N) is 2. The lowest BCUT2D eigenvalue weighted by molar-refractivity contribution is 0.112. The second-order valence-electron chi connectivity index (χ2n) is 6.37. The predicted molar refractivity (Wildman–Crippen MR) is 83.5 cm³/mol. The van der Waals surface area contributed by atoms with Gasteiger partial charge in [0.1, 0.15) is 0 Å². The highest BCUT2D eigenvalue weighted by Gasteiger charge is 2.22. The monoisotopic (exact) mass is 270 g/mol. The number of rotatable bonds is 2. The van der Waals surface area contributed by atoms with Crippen LogP contribution in [0.1, 0.15) is 30.6 Å². The van der Waals surface area contributed by atoms with Crippen molar-refractivity contribution in [2.45, 2.75) is 20.3 Å². The van der Waals surface area contributed by atoms with Gasteiger partial charge in [-0.3, -0.25) is 4.79 Å². The summed E-state index contributed by atoms with van der Waals surface area (Å²) in [5, 5.41) is 1.06. The number of hydrogen-bond donors (Lipinski definition) is 0. The van der Waals surface area contributed by atoms with E-state index < -0.39 is 0 Å². The van der Waals surface area contributed by atoms with E-state index in [0.717, 1.165) is 47.7 Å². The summed E-state index contributed by atoms with van der Waals surface area (Å²) < 4.78 is 2.02. The highest BCUT2D eigenvalue weighted by molar-refractivity contribution is 5.99. The normalized spacial score (nSPS) is 23.2. The molecule has 3 heteroatoms. The molecule has 106 valence electrons. The molecule has 2 unspecified atom stereocenters. The molecule has 0 amide bonds. The molecule has 0 saturated carbocycles. The van der Waals surface area contributed by atoms with Crippen LogP contribution in [0.2, 0.25) is 0 Å². The van der Waals surface area contributed by atoms with Crippen LogP contribution in [0.25, 0.3) is 10.9 Å². The van der Waals surface area contributed by atoms with Crippen molar-refractivity contribution < 1.29 is 4.79 Å². The van der Waals surface area contributed by atoms with Crippen LogP contribution in [0.4, 0.5) is 5.69 Å². The van der Waals surface area contributed by atoms with Gasteiger partial charge in [-0.2, -0.15) is 0 Å². The van der Waals surface area contributed by atoms with E-state index in [2.05, 4.69) is 36.9 Å². The Bertz CT molecular complexity index is 634. The molecule has 0 N–H and O–H groups in total. The molecule has 0 aliphatic carbocycles. The highest BCUT2D eigenvalue weighted by atomic mass is 16.1. The van der Waals surface area contributed by atoms with Gasteiger partial charge in [0.25, 0.3) is 0 Å². The molecule has 2 heterocycles. The molecule has 1 aromatic carbocycles. The second kappa shape index (κ2) is 4.97. The minimum atomic E-state index is 0.732. The molecule has 2 atom stereocenters. The van der Waals surface area contributed by atoms with Gasteiger partial charge in [-0.15, -0.1) is 0 Å². The van der Waals surface area contributed by atoms with Gasteiger partial charge in [0, 0.05) is 48.5 Å². The van der Waals surface area contributed by atoms with Crippen molar-refractivity contribution >= 4 is 22.9 Å². The third-order valence-corrected chi connectivity index (χ3v) is 4.36. The van der Waals surface area contributed by atoms with Gasteiger partial charge in [0.05, 0.1) is 0 Å². The van der Waals surface area contributed by atoms with Crippen LogP contribution in [-0.4, -0.2) is 23.9 Å². The summed E-state index contributed by atoms with van der Waals surface area (Å²) in [6, 6.07) is 6.48. The summed E-state index contributed by atoms with van der Waals surface area (Å²) in [5.41, 5.74) is 3.14. The quantitative estimate of drug-likeness (QED) is 0.781. The summed E-state index contributed by atoms with van der Waals surface area (Å²) >= 11 is 0. The Labute approximate surface area is 120 Å². The Kier molecular flexibility index (Phi) is 3.28. The molecule has 2 aromatic rings. The van der Waals surface area contributed by atoms with Gasteiger partial charge in [-0.05, 0) is 36.5 Å². The number of aromatic nitrogens is 1. The van der Waals surface area contributed by atoms with Crippen molar-refractivity contribution in [2.75, 3.05) is 18.0 Å². The van der Waals surface area contributed by atoms with Gasteiger partial charge in [-0.25, -0.2) is 0 Å². The summed E-state index contributed by atoms with van der Waals surface area (Å²) in [5.74, 6) is 1.46. The molecule has 0 radical (unpaired) electrons. The van der Waals surface area contributed by atoms with E-state index >= 15 is 0 Å². The summed E-state index contributed by atoms with van der Waals surface area (Å²) in [6.07, 6.45) is 4.17. The van der Waals surface area contributed by atoms with Crippen molar-refractivity contribution in [3.63, 3.8) is 0 Å². The average molecular weight is 270 g/mol. The minimum Gasteiger partial charge on any atom is -0.371 e. The molecule has 1 aromatic heterocycles. The maximum atomic E-state index is 11.2. The van der Waals surface area contributed by atoms with Crippen LogP contribution < -0.4 is 4.90 Å². The van der Waals surface area contributed by atoms with Gasteiger partial charge in [0.15, 0.2) is 6.29 Å². The third kappa shape index (κ3) is 2.21. The first-order chi connectivity index (χ1) is 9.58. The number of piperidine rings is 1. The molecular formula is C17H22N2O. The van der Waals surface area contributed by atoms with E-state index in [1.165, 1.54) is 12.1 Å². The van der Waals surface area contributed by atoms with E-state index in [0.29, 0.717) is 0 Å². The zero-order chi connectivity index (χ0) is 14.3. The maximum absolute atomic E-state index is 11.2. The molecule has 1 aliphatic heterocycles. The Balaban J connectivity index is 2.02. The van der Waals surface area contributed by atoms with E-state index in [1.54, 1.807) is 0 Å². The zero-order valence-electron chi connectivity index (χ0n) is 12.5. The van der Waals surface area contributed by atoms with Crippen molar-refractivity contribution in [1.82, 2.24) is 4.57 Å². The lowest BCUT2D eigenvalue weighted by Crippen LogP contribution is -2.38. The van der Waals surface area contributed by atoms with Crippen molar-refractivity contribution in [2.24, 2.45) is 18.9 Å². The number of benzene rings is 1. The lowest BCUT2D eigenvalue weighted by atomic mass is 9.91. The first kappa shape index (κ1) is 13.2. The number of carbonyl (C=O) groups excluding carboxylic acids is 1. The van der Waals surface area contributed by atoms with Crippen molar-refractivity contribution in [3.8, 4) is 0 Å². The Morgan fingerprint density at radius 2 is 1.90 bits per heavy atom. The number of carbonyl (C=O) groups is 1. The topological polar surface area (TPSA) is 25.2 Å². The zero-order valence-corrected chi connectivity index (χ0v) is 12.5. The number of aryl methyl sites for hydroxylation is 1. The average Bonchev–Trinajstić information content (AvgIpc) is 2.74. The van der Waals surface area contributed by atoms with Crippen LogP contribution in [0.3, 0.4) is 0 Å². The SMILES string of the molecule is CC1CC(C)CN(c2ccc3c(c2)c(C=O)cn3C)C1. The fourth-order valence-corrected chi connectivity index (χ4v) is 3.57. The number of aldehydes is 1. The van der Waals surface area contributed by atoms with Crippen LogP contribution in [0.5, 0.6) is 0 Å². The Hall–Kier alpha value is -1.77. The predicted octanol–water partition coefficient (Wildman–Crippen LogP) is 3.47. The fourth-order valence-electron chi connectivity index (χ4n) is 3.57. The smallest absolute Gasteiger partial charge is 0.152 e. The molecule has 20 heavy (non-hydrogen) atoms. The van der Waals surface area contributed by atoms with Gasteiger partial charge in [0.2, 0.25) is 0 Å². The molecule has 3 rings (SSSR count). The van der Waals surface area contributed by atoms with Crippen molar-refractivity contribution in [1.29, 1.82) is 0 Å². The Morgan fingerprint density at radius 3 is 2.55 bits per heavy atom. The summed E-state index contributed by atoms with van der Waals surface area (Å²) in [7, 11) is 1.99. The molecule has 0 spiro atoms. The molecule has 0 bridgehead atoms. The van der Waals surface area contributed by atoms with Crippen LogP contribution in [0, 0.1) is 11.8 Å². The third-order valence-electron chi connectivity index (χ3n) is 4.36. The highest BCUT2D eigenvalue weighted by Crippen LogP contribution is 2.30. The summed E-state index contributed by atoms with van der Waals surface area (Å²) in [4.78, 5) is 13.7. The molecule has 1 saturated heterocycles. The molecular weight excluding hydrogens is 248 g/mol.